The lowest BCUT2D eigenvalue weighted by molar-refractivity contribution is 0.0718. The molecule has 1 aromatic heterocycles. The van der Waals surface area contributed by atoms with Crippen LogP contribution in [0.1, 0.15) is 36.2 Å². The van der Waals surface area contributed by atoms with Gasteiger partial charge in [0.1, 0.15) is 11.5 Å². The van der Waals surface area contributed by atoms with Gasteiger partial charge in [0.2, 0.25) is 0 Å². The first-order valence-corrected chi connectivity index (χ1v) is 7.15. The van der Waals surface area contributed by atoms with Gasteiger partial charge in [0.05, 0.1) is 12.4 Å². The lowest BCUT2D eigenvalue weighted by atomic mass is 10.1. The third kappa shape index (κ3) is 4.16. The maximum Gasteiger partial charge on any atom is 0.274 e. The molecule has 0 bridgehead atoms. The standard InChI is InChI=1S/C14H22N4O2/c1-20-9-5-6-15-13-11-16-12(10-17-13)14(19)18-7-3-2-4-8-18/h10-11H,2-9H2,1H3,(H,15,17). The number of rotatable bonds is 6. The summed E-state index contributed by atoms with van der Waals surface area (Å²) in [6.07, 6.45) is 7.45. The van der Waals surface area contributed by atoms with Crippen LogP contribution in [0, 0.1) is 0 Å². The molecular weight excluding hydrogens is 256 g/mol. The Balaban J connectivity index is 1.85. The van der Waals surface area contributed by atoms with Crippen LogP contribution in [0.3, 0.4) is 0 Å². The van der Waals surface area contributed by atoms with Crippen LogP contribution in [0.15, 0.2) is 12.4 Å². The van der Waals surface area contributed by atoms with Gasteiger partial charge >= 0.3 is 0 Å². The van der Waals surface area contributed by atoms with E-state index >= 15 is 0 Å². The van der Waals surface area contributed by atoms with E-state index in [-0.39, 0.29) is 5.91 Å². The Morgan fingerprint density at radius 3 is 2.75 bits per heavy atom. The van der Waals surface area contributed by atoms with Gasteiger partial charge in [-0.1, -0.05) is 0 Å². The Labute approximate surface area is 119 Å². The van der Waals surface area contributed by atoms with E-state index in [4.69, 9.17) is 4.74 Å². The molecule has 0 spiro atoms. The number of methoxy groups -OCH3 is 1. The summed E-state index contributed by atoms with van der Waals surface area (Å²) < 4.78 is 4.97. The smallest absolute Gasteiger partial charge is 0.274 e. The van der Waals surface area contributed by atoms with Crippen molar-refractivity contribution in [3.05, 3.63) is 18.1 Å². The molecule has 1 amide bonds. The predicted octanol–water partition coefficient (Wildman–Crippen LogP) is 1.55. The van der Waals surface area contributed by atoms with Gasteiger partial charge in [-0.05, 0) is 25.7 Å². The Kier molecular flexibility index (Phi) is 5.73. The molecule has 1 aliphatic heterocycles. The molecule has 0 radical (unpaired) electrons. The number of piperidine rings is 1. The molecule has 20 heavy (non-hydrogen) atoms. The normalized spacial score (nSPS) is 15.2. The van der Waals surface area contributed by atoms with Crippen molar-refractivity contribution in [2.24, 2.45) is 0 Å². The maximum atomic E-state index is 12.2. The Bertz CT molecular complexity index is 416. The Morgan fingerprint density at radius 2 is 2.10 bits per heavy atom. The fourth-order valence-electron chi connectivity index (χ4n) is 2.22. The first-order chi connectivity index (χ1) is 9.81. The number of ether oxygens (including phenoxy) is 1. The van der Waals surface area contributed by atoms with Crippen molar-refractivity contribution in [1.29, 1.82) is 0 Å². The zero-order valence-electron chi connectivity index (χ0n) is 12.0. The number of amides is 1. The average molecular weight is 278 g/mol. The van der Waals surface area contributed by atoms with Crippen LogP contribution in [0.25, 0.3) is 0 Å². The van der Waals surface area contributed by atoms with Crippen molar-refractivity contribution in [3.63, 3.8) is 0 Å². The molecule has 1 N–H and O–H groups in total. The molecule has 6 nitrogen and oxygen atoms in total. The van der Waals surface area contributed by atoms with E-state index < -0.39 is 0 Å². The minimum atomic E-state index is -0.0110. The average Bonchev–Trinajstić information content (AvgIpc) is 2.52. The summed E-state index contributed by atoms with van der Waals surface area (Å²) in [6, 6.07) is 0. The highest BCUT2D eigenvalue weighted by atomic mass is 16.5. The Morgan fingerprint density at radius 1 is 1.30 bits per heavy atom. The monoisotopic (exact) mass is 278 g/mol. The van der Waals surface area contributed by atoms with E-state index in [1.165, 1.54) is 6.42 Å². The molecule has 1 saturated heterocycles. The van der Waals surface area contributed by atoms with Crippen molar-refractivity contribution < 1.29 is 9.53 Å². The van der Waals surface area contributed by atoms with Gasteiger partial charge in [0.25, 0.3) is 5.91 Å². The minimum Gasteiger partial charge on any atom is -0.385 e. The minimum absolute atomic E-state index is 0.0110. The Hall–Kier alpha value is -1.69. The number of nitrogens with zero attached hydrogens (tertiary/aromatic N) is 3. The number of aromatic nitrogens is 2. The van der Waals surface area contributed by atoms with Gasteiger partial charge in [-0.15, -0.1) is 0 Å². The van der Waals surface area contributed by atoms with Gasteiger partial charge in [0.15, 0.2) is 0 Å². The molecule has 6 heteroatoms. The van der Waals surface area contributed by atoms with Crippen molar-refractivity contribution in [1.82, 2.24) is 14.9 Å². The van der Waals surface area contributed by atoms with Gasteiger partial charge in [-0.3, -0.25) is 4.79 Å². The second kappa shape index (κ2) is 7.79. The number of carbonyl (C=O) groups excluding carboxylic acids is 1. The summed E-state index contributed by atoms with van der Waals surface area (Å²) >= 11 is 0. The summed E-state index contributed by atoms with van der Waals surface area (Å²) in [5.74, 6) is 0.680. The molecule has 1 aromatic rings. The predicted molar refractivity (Wildman–Crippen MR) is 76.8 cm³/mol. The third-order valence-electron chi connectivity index (χ3n) is 3.35. The second-order valence-corrected chi connectivity index (χ2v) is 4.91. The number of anilines is 1. The van der Waals surface area contributed by atoms with Gasteiger partial charge in [-0.25, -0.2) is 9.97 Å². The molecule has 0 aliphatic carbocycles. The van der Waals surface area contributed by atoms with E-state index in [1.807, 2.05) is 4.90 Å². The molecule has 0 aromatic carbocycles. The highest BCUT2D eigenvalue weighted by molar-refractivity contribution is 5.92. The number of carbonyl (C=O) groups is 1. The van der Waals surface area contributed by atoms with Crippen LogP contribution in [-0.4, -0.2) is 54.1 Å². The van der Waals surface area contributed by atoms with E-state index in [0.29, 0.717) is 18.1 Å². The van der Waals surface area contributed by atoms with E-state index in [2.05, 4.69) is 15.3 Å². The molecule has 2 heterocycles. The molecule has 1 aliphatic rings. The van der Waals surface area contributed by atoms with Crippen LogP contribution >= 0.6 is 0 Å². The number of hydrogen-bond donors (Lipinski definition) is 1. The topological polar surface area (TPSA) is 67.3 Å². The molecule has 110 valence electrons. The maximum absolute atomic E-state index is 12.2. The highest BCUT2D eigenvalue weighted by Gasteiger charge is 2.19. The lowest BCUT2D eigenvalue weighted by Gasteiger charge is -2.26. The fourth-order valence-corrected chi connectivity index (χ4v) is 2.22. The van der Waals surface area contributed by atoms with E-state index in [1.54, 1.807) is 19.5 Å². The fraction of sp³-hybridized carbons (Fsp3) is 0.643. The summed E-state index contributed by atoms with van der Waals surface area (Å²) in [7, 11) is 1.68. The van der Waals surface area contributed by atoms with Crippen LogP contribution in [0.2, 0.25) is 0 Å². The van der Waals surface area contributed by atoms with Crippen molar-refractivity contribution in [2.75, 3.05) is 38.7 Å². The largest absolute Gasteiger partial charge is 0.385 e. The molecular formula is C14H22N4O2. The van der Waals surface area contributed by atoms with Crippen LogP contribution in [0.5, 0.6) is 0 Å². The lowest BCUT2D eigenvalue weighted by Crippen LogP contribution is -2.36. The van der Waals surface area contributed by atoms with Gasteiger partial charge in [-0.2, -0.15) is 0 Å². The number of hydrogen-bond acceptors (Lipinski definition) is 5. The molecule has 0 saturated carbocycles. The molecule has 2 rings (SSSR count). The van der Waals surface area contributed by atoms with Crippen molar-refractivity contribution in [3.8, 4) is 0 Å². The van der Waals surface area contributed by atoms with Gasteiger partial charge < -0.3 is 15.0 Å². The zero-order valence-corrected chi connectivity index (χ0v) is 12.0. The number of nitrogens with one attached hydrogen (secondary N) is 1. The SMILES string of the molecule is COCCCNc1cnc(C(=O)N2CCCCC2)cn1. The van der Waals surface area contributed by atoms with Crippen molar-refractivity contribution >= 4 is 11.7 Å². The zero-order chi connectivity index (χ0) is 14.2. The van der Waals surface area contributed by atoms with Crippen LogP contribution in [0.4, 0.5) is 5.82 Å². The van der Waals surface area contributed by atoms with Crippen molar-refractivity contribution in [2.45, 2.75) is 25.7 Å². The van der Waals surface area contributed by atoms with Crippen LogP contribution in [-0.2, 0) is 4.74 Å². The first-order valence-electron chi connectivity index (χ1n) is 7.15. The highest BCUT2D eigenvalue weighted by Crippen LogP contribution is 2.12. The first kappa shape index (κ1) is 14.7. The van der Waals surface area contributed by atoms with E-state index in [9.17, 15) is 4.79 Å². The molecule has 0 unspecified atom stereocenters. The quantitative estimate of drug-likeness (QED) is 0.800. The second-order valence-electron chi connectivity index (χ2n) is 4.91. The van der Waals surface area contributed by atoms with E-state index in [0.717, 1.165) is 38.9 Å². The summed E-state index contributed by atoms with van der Waals surface area (Å²) in [5, 5.41) is 3.15. The van der Waals surface area contributed by atoms with Crippen LogP contribution < -0.4 is 5.32 Å². The summed E-state index contributed by atoms with van der Waals surface area (Å²) in [5.41, 5.74) is 0.425. The number of likely N-dealkylation sites (tertiary alicyclic amines) is 1. The molecule has 0 atom stereocenters. The summed E-state index contributed by atoms with van der Waals surface area (Å²) in [6.45, 7) is 3.16. The summed E-state index contributed by atoms with van der Waals surface area (Å²) in [4.78, 5) is 22.5. The third-order valence-corrected chi connectivity index (χ3v) is 3.35. The molecule has 1 fully saturated rings. The van der Waals surface area contributed by atoms with Gasteiger partial charge in [0, 0.05) is 33.4 Å².